The van der Waals surface area contributed by atoms with Crippen molar-refractivity contribution in [1.29, 1.82) is 0 Å². The van der Waals surface area contributed by atoms with Crippen LogP contribution in [0.1, 0.15) is 27.9 Å². The molecule has 4 heterocycles. The molecule has 0 aliphatic carbocycles. The SMILES string of the molecule is COc1ccc(-c2ccnc3cc(C(=O)N4CCN(C(=O)c5cccn5C)[C@@H](C)C4)nn23)cc1OC. The van der Waals surface area contributed by atoms with E-state index in [0.717, 1.165) is 11.3 Å². The number of hydrogen-bond acceptors (Lipinski definition) is 6. The second-order valence-corrected chi connectivity index (χ2v) is 8.80. The number of methoxy groups -OCH3 is 2. The highest BCUT2D eigenvalue weighted by Crippen LogP contribution is 2.32. The molecule has 1 aliphatic heterocycles. The van der Waals surface area contributed by atoms with Crippen molar-refractivity contribution in [3.8, 4) is 22.8 Å². The van der Waals surface area contributed by atoms with Crippen LogP contribution >= 0.6 is 0 Å². The number of amides is 2. The Balaban J connectivity index is 1.38. The van der Waals surface area contributed by atoms with Gasteiger partial charge in [-0.15, -0.1) is 0 Å². The fraction of sp³-hybridized carbons (Fsp3) is 0.308. The molecule has 0 N–H and O–H groups in total. The van der Waals surface area contributed by atoms with Crippen molar-refractivity contribution in [2.24, 2.45) is 7.05 Å². The van der Waals surface area contributed by atoms with E-state index in [1.54, 1.807) is 35.9 Å². The summed E-state index contributed by atoms with van der Waals surface area (Å²) in [5, 5.41) is 4.60. The second kappa shape index (κ2) is 9.37. The Hall–Kier alpha value is -4.34. The first-order valence-electron chi connectivity index (χ1n) is 11.7. The first-order valence-corrected chi connectivity index (χ1v) is 11.7. The summed E-state index contributed by atoms with van der Waals surface area (Å²) in [6.45, 7) is 3.28. The lowest BCUT2D eigenvalue weighted by Crippen LogP contribution is -2.55. The number of hydrogen-bond donors (Lipinski definition) is 0. The smallest absolute Gasteiger partial charge is 0.274 e. The van der Waals surface area contributed by atoms with Crippen LogP contribution in [0.15, 0.2) is 54.9 Å². The molecule has 1 fully saturated rings. The molecule has 10 heteroatoms. The number of aromatic nitrogens is 4. The molecule has 186 valence electrons. The molecule has 3 aromatic heterocycles. The van der Waals surface area contributed by atoms with Gasteiger partial charge >= 0.3 is 0 Å². The van der Waals surface area contributed by atoms with Gasteiger partial charge in [0, 0.05) is 56.7 Å². The molecule has 1 aliphatic rings. The summed E-state index contributed by atoms with van der Waals surface area (Å²) in [6.07, 6.45) is 3.54. The fourth-order valence-electron chi connectivity index (χ4n) is 4.65. The summed E-state index contributed by atoms with van der Waals surface area (Å²) < 4.78 is 14.2. The van der Waals surface area contributed by atoms with E-state index >= 15 is 0 Å². The van der Waals surface area contributed by atoms with Crippen molar-refractivity contribution in [3.05, 3.63) is 66.2 Å². The van der Waals surface area contributed by atoms with Gasteiger partial charge in [0.2, 0.25) is 0 Å². The second-order valence-electron chi connectivity index (χ2n) is 8.80. The molecule has 0 unspecified atom stereocenters. The van der Waals surface area contributed by atoms with Gasteiger partial charge in [-0.2, -0.15) is 5.10 Å². The van der Waals surface area contributed by atoms with Gasteiger partial charge in [0.15, 0.2) is 22.8 Å². The molecule has 0 saturated carbocycles. The van der Waals surface area contributed by atoms with E-state index in [0.29, 0.717) is 48.2 Å². The minimum absolute atomic E-state index is 0.0291. The number of ether oxygens (including phenoxy) is 2. The Morgan fingerprint density at radius 2 is 1.81 bits per heavy atom. The lowest BCUT2D eigenvalue weighted by molar-refractivity contribution is 0.0405. The Labute approximate surface area is 208 Å². The number of benzene rings is 1. The highest BCUT2D eigenvalue weighted by molar-refractivity contribution is 5.95. The summed E-state index contributed by atoms with van der Waals surface area (Å²) in [5.41, 5.74) is 3.13. The monoisotopic (exact) mass is 488 g/mol. The van der Waals surface area contributed by atoms with Crippen LogP contribution in [0.4, 0.5) is 0 Å². The highest BCUT2D eigenvalue weighted by atomic mass is 16.5. The first-order chi connectivity index (χ1) is 17.4. The van der Waals surface area contributed by atoms with Crippen LogP contribution in [0.25, 0.3) is 16.9 Å². The fourth-order valence-corrected chi connectivity index (χ4v) is 4.65. The summed E-state index contributed by atoms with van der Waals surface area (Å²) >= 11 is 0. The van der Waals surface area contributed by atoms with E-state index in [1.807, 2.05) is 66.0 Å². The number of fused-ring (bicyclic) bond motifs is 1. The summed E-state index contributed by atoms with van der Waals surface area (Å²) in [4.78, 5) is 34.3. The van der Waals surface area contributed by atoms with Gasteiger partial charge < -0.3 is 23.8 Å². The average molecular weight is 489 g/mol. The lowest BCUT2D eigenvalue weighted by Gasteiger charge is -2.39. The van der Waals surface area contributed by atoms with Crippen molar-refractivity contribution < 1.29 is 19.1 Å². The number of carbonyl (C=O) groups excluding carboxylic acids is 2. The van der Waals surface area contributed by atoms with E-state index < -0.39 is 0 Å². The summed E-state index contributed by atoms with van der Waals surface area (Å²) in [7, 11) is 5.03. The standard InChI is InChI=1S/C26H28N6O4/c1-17-16-30(12-13-31(17)26(34)21-6-5-11-29(21)2)25(33)19-15-24-27-10-9-20(32(24)28-19)18-7-8-22(35-3)23(14-18)36-4/h5-11,14-15,17H,12-13,16H2,1-4H3/t17-/m0/s1. The molecule has 1 atom stereocenters. The Bertz CT molecular complexity index is 1440. The zero-order valence-electron chi connectivity index (χ0n) is 20.7. The number of nitrogens with zero attached hydrogens (tertiary/aromatic N) is 6. The molecule has 2 amide bonds. The average Bonchev–Trinajstić information content (AvgIpc) is 3.53. The van der Waals surface area contributed by atoms with Crippen molar-refractivity contribution in [2.75, 3.05) is 33.9 Å². The largest absolute Gasteiger partial charge is 0.493 e. The molecule has 5 rings (SSSR count). The molecule has 36 heavy (non-hydrogen) atoms. The number of rotatable bonds is 5. The van der Waals surface area contributed by atoms with E-state index in [1.165, 1.54) is 0 Å². The summed E-state index contributed by atoms with van der Waals surface area (Å²) in [5.74, 6) is 1.01. The topological polar surface area (TPSA) is 94.2 Å². The predicted molar refractivity (Wildman–Crippen MR) is 133 cm³/mol. The van der Waals surface area contributed by atoms with Gasteiger partial charge in [-0.25, -0.2) is 9.50 Å². The van der Waals surface area contributed by atoms with Gasteiger partial charge in [-0.3, -0.25) is 9.59 Å². The van der Waals surface area contributed by atoms with Crippen molar-refractivity contribution in [2.45, 2.75) is 13.0 Å². The van der Waals surface area contributed by atoms with Gasteiger partial charge in [0.25, 0.3) is 11.8 Å². The minimum atomic E-state index is -0.184. The third-order valence-electron chi connectivity index (χ3n) is 6.59. The Kier molecular flexibility index (Phi) is 6.09. The quantitative estimate of drug-likeness (QED) is 0.429. The van der Waals surface area contributed by atoms with Crippen LogP contribution in [0.3, 0.4) is 0 Å². The maximum Gasteiger partial charge on any atom is 0.274 e. The zero-order valence-corrected chi connectivity index (χ0v) is 20.7. The number of piperazine rings is 1. The maximum absolute atomic E-state index is 13.4. The maximum atomic E-state index is 13.4. The molecule has 0 spiro atoms. The lowest BCUT2D eigenvalue weighted by atomic mass is 10.1. The molecular formula is C26H28N6O4. The number of carbonyl (C=O) groups is 2. The minimum Gasteiger partial charge on any atom is -0.493 e. The van der Waals surface area contributed by atoms with Gasteiger partial charge in [-0.1, -0.05) is 0 Å². The van der Waals surface area contributed by atoms with Crippen LogP contribution < -0.4 is 9.47 Å². The Morgan fingerprint density at radius 3 is 2.50 bits per heavy atom. The molecule has 0 bridgehead atoms. The van der Waals surface area contributed by atoms with Gasteiger partial charge in [0.05, 0.1) is 19.9 Å². The van der Waals surface area contributed by atoms with E-state index in [9.17, 15) is 9.59 Å². The molecular weight excluding hydrogens is 460 g/mol. The van der Waals surface area contributed by atoms with Gasteiger partial charge in [0.1, 0.15) is 5.69 Å². The number of aryl methyl sites for hydroxylation is 1. The summed E-state index contributed by atoms with van der Waals surface area (Å²) in [6, 6.07) is 12.7. The zero-order chi connectivity index (χ0) is 25.4. The van der Waals surface area contributed by atoms with Crippen molar-refractivity contribution in [3.63, 3.8) is 0 Å². The third kappa shape index (κ3) is 4.04. The molecule has 1 saturated heterocycles. The highest BCUT2D eigenvalue weighted by Gasteiger charge is 2.32. The predicted octanol–water partition coefficient (Wildman–Crippen LogP) is 2.74. The molecule has 4 aromatic rings. The van der Waals surface area contributed by atoms with Crippen LogP contribution in [-0.2, 0) is 7.05 Å². The van der Waals surface area contributed by atoms with Crippen LogP contribution in [-0.4, -0.2) is 80.7 Å². The third-order valence-corrected chi connectivity index (χ3v) is 6.59. The van der Waals surface area contributed by atoms with Crippen LogP contribution in [0.5, 0.6) is 11.5 Å². The molecule has 0 radical (unpaired) electrons. The van der Waals surface area contributed by atoms with E-state index in [-0.39, 0.29) is 17.9 Å². The van der Waals surface area contributed by atoms with E-state index in [2.05, 4.69) is 10.1 Å². The van der Waals surface area contributed by atoms with Gasteiger partial charge in [-0.05, 0) is 43.3 Å². The van der Waals surface area contributed by atoms with Crippen LogP contribution in [0, 0.1) is 0 Å². The normalized spacial score (nSPS) is 15.8. The van der Waals surface area contributed by atoms with E-state index in [4.69, 9.17) is 9.47 Å². The van der Waals surface area contributed by atoms with Crippen molar-refractivity contribution >= 4 is 17.5 Å². The Morgan fingerprint density at radius 1 is 1.00 bits per heavy atom. The van der Waals surface area contributed by atoms with Crippen LogP contribution in [0.2, 0.25) is 0 Å². The molecule has 10 nitrogen and oxygen atoms in total. The molecule has 1 aromatic carbocycles. The van der Waals surface area contributed by atoms with Crippen molar-refractivity contribution in [1.82, 2.24) is 29.0 Å². The first kappa shape index (κ1) is 23.4.